The maximum absolute atomic E-state index is 12.4. The van der Waals surface area contributed by atoms with E-state index in [9.17, 15) is 8.42 Å². The monoisotopic (exact) mass is 344 g/mol. The molecule has 3 N–H and O–H groups in total. The molecule has 0 unspecified atom stereocenters. The van der Waals surface area contributed by atoms with E-state index in [0.717, 1.165) is 0 Å². The van der Waals surface area contributed by atoms with Crippen LogP contribution < -0.4 is 10.5 Å². The van der Waals surface area contributed by atoms with Crippen LogP contribution in [0.4, 0.5) is 5.69 Å². The van der Waals surface area contributed by atoms with Gasteiger partial charge >= 0.3 is 0 Å². The van der Waals surface area contributed by atoms with E-state index in [0.29, 0.717) is 26.9 Å². The van der Waals surface area contributed by atoms with Gasteiger partial charge in [-0.2, -0.15) is 0 Å². The average Bonchev–Trinajstić information content (AvgIpc) is 2.43. The van der Waals surface area contributed by atoms with Crippen molar-refractivity contribution in [1.29, 1.82) is 0 Å². The Morgan fingerprint density at radius 2 is 1.86 bits per heavy atom. The molecule has 0 aromatic heterocycles. The number of rotatable bonds is 4. The van der Waals surface area contributed by atoms with E-state index in [-0.39, 0.29) is 11.4 Å². The van der Waals surface area contributed by atoms with E-state index in [2.05, 4.69) is 4.72 Å². The Morgan fingerprint density at radius 1 is 1.14 bits per heavy atom. The van der Waals surface area contributed by atoms with Crippen LogP contribution in [0.2, 0.25) is 10.0 Å². The molecule has 21 heavy (non-hydrogen) atoms. The summed E-state index contributed by atoms with van der Waals surface area (Å²) in [5.74, 6) is 0. The van der Waals surface area contributed by atoms with Gasteiger partial charge in [0.2, 0.25) is 0 Å². The molecule has 0 atom stereocenters. The molecule has 2 rings (SSSR count). The molecule has 2 aromatic rings. The van der Waals surface area contributed by atoms with Crippen molar-refractivity contribution in [3.05, 3.63) is 57.6 Å². The van der Waals surface area contributed by atoms with Gasteiger partial charge in [-0.3, -0.25) is 4.72 Å². The van der Waals surface area contributed by atoms with Crippen LogP contribution in [0.3, 0.4) is 0 Å². The summed E-state index contributed by atoms with van der Waals surface area (Å²) in [6.07, 6.45) is 0. The van der Waals surface area contributed by atoms with Crippen LogP contribution in [0.5, 0.6) is 0 Å². The molecule has 4 nitrogen and oxygen atoms in total. The standard InChI is InChI=1S/C14H14Cl2N2O2S/c1-9-12(15)3-2-4-14(9)18-21(19,20)11-6-5-10(8-17)13(16)7-11/h2-7,18H,8,17H2,1H3. The van der Waals surface area contributed by atoms with Crippen molar-refractivity contribution in [1.82, 2.24) is 0 Å². The first kappa shape index (κ1) is 16.1. The number of benzene rings is 2. The molecule has 0 spiro atoms. The van der Waals surface area contributed by atoms with Crippen molar-refractivity contribution in [2.75, 3.05) is 4.72 Å². The van der Waals surface area contributed by atoms with E-state index in [4.69, 9.17) is 28.9 Å². The third-order valence-electron chi connectivity index (χ3n) is 3.07. The minimum atomic E-state index is -3.73. The first-order valence-corrected chi connectivity index (χ1v) is 8.35. The van der Waals surface area contributed by atoms with Crippen LogP contribution in [-0.2, 0) is 16.6 Å². The van der Waals surface area contributed by atoms with Crippen molar-refractivity contribution in [3.63, 3.8) is 0 Å². The lowest BCUT2D eigenvalue weighted by molar-refractivity contribution is 0.601. The Labute approximate surface area is 133 Å². The summed E-state index contributed by atoms with van der Waals surface area (Å²) in [7, 11) is -3.73. The summed E-state index contributed by atoms with van der Waals surface area (Å²) >= 11 is 12.0. The smallest absolute Gasteiger partial charge is 0.261 e. The minimum absolute atomic E-state index is 0.0732. The first-order chi connectivity index (χ1) is 9.85. The van der Waals surface area contributed by atoms with Crippen LogP contribution in [-0.4, -0.2) is 8.42 Å². The molecule has 7 heteroatoms. The van der Waals surface area contributed by atoms with Gasteiger partial charge in [-0.25, -0.2) is 8.42 Å². The van der Waals surface area contributed by atoms with E-state index >= 15 is 0 Å². The van der Waals surface area contributed by atoms with Gasteiger partial charge in [0.25, 0.3) is 10.0 Å². The summed E-state index contributed by atoms with van der Waals surface area (Å²) in [6, 6.07) is 9.47. The number of sulfonamides is 1. The number of nitrogens with one attached hydrogen (secondary N) is 1. The molecular weight excluding hydrogens is 331 g/mol. The van der Waals surface area contributed by atoms with Gasteiger partial charge in [0.1, 0.15) is 0 Å². The number of anilines is 1. The molecular formula is C14H14Cl2N2O2S. The zero-order valence-corrected chi connectivity index (χ0v) is 13.6. The third-order valence-corrected chi connectivity index (χ3v) is 5.19. The SMILES string of the molecule is Cc1c(Cl)cccc1NS(=O)(=O)c1ccc(CN)c(Cl)c1. The second kappa shape index (κ2) is 6.23. The van der Waals surface area contributed by atoms with Gasteiger partial charge in [0, 0.05) is 16.6 Å². The zero-order chi connectivity index (χ0) is 15.6. The third kappa shape index (κ3) is 3.49. The van der Waals surface area contributed by atoms with Crippen LogP contribution >= 0.6 is 23.2 Å². The van der Waals surface area contributed by atoms with Crippen LogP contribution in [0.25, 0.3) is 0 Å². The van der Waals surface area contributed by atoms with Gasteiger partial charge < -0.3 is 5.73 Å². The molecule has 0 aliphatic rings. The maximum Gasteiger partial charge on any atom is 0.261 e. The van der Waals surface area contributed by atoms with Crippen molar-refractivity contribution in [2.45, 2.75) is 18.4 Å². The largest absolute Gasteiger partial charge is 0.326 e. The Balaban J connectivity index is 2.39. The summed E-state index contributed by atoms with van der Waals surface area (Å²) in [4.78, 5) is 0.0732. The predicted molar refractivity (Wildman–Crippen MR) is 86.3 cm³/mol. The normalized spacial score (nSPS) is 11.4. The highest BCUT2D eigenvalue weighted by Crippen LogP contribution is 2.27. The molecule has 0 bridgehead atoms. The molecule has 0 aliphatic heterocycles. The lowest BCUT2D eigenvalue weighted by Gasteiger charge is -2.12. The summed E-state index contributed by atoms with van der Waals surface area (Å²) < 4.78 is 27.3. The van der Waals surface area contributed by atoms with Crippen molar-refractivity contribution >= 4 is 38.9 Å². The second-order valence-electron chi connectivity index (χ2n) is 4.48. The van der Waals surface area contributed by atoms with E-state index in [1.165, 1.54) is 12.1 Å². The first-order valence-electron chi connectivity index (χ1n) is 6.11. The Hall–Kier alpha value is -1.27. The van der Waals surface area contributed by atoms with Crippen molar-refractivity contribution < 1.29 is 8.42 Å². The van der Waals surface area contributed by atoms with Crippen molar-refractivity contribution in [3.8, 4) is 0 Å². The number of hydrogen-bond acceptors (Lipinski definition) is 3. The highest BCUT2D eigenvalue weighted by Gasteiger charge is 2.17. The van der Waals surface area contributed by atoms with Gasteiger partial charge in [0.15, 0.2) is 0 Å². The lowest BCUT2D eigenvalue weighted by Crippen LogP contribution is -2.14. The minimum Gasteiger partial charge on any atom is -0.326 e. The number of hydrogen-bond donors (Lipinski definition) is 2. The van der Waals surface area contributed by atoms with Gasteiger partial charge in [0.05, 0.1) is 10.6 Å². The Bertz CT molecular complexity index is 777. The summed E-state index contributed by atoms with van der Waals surface area (Å²) in [5.41, 5.74) is 7.29. The van der Waals surface area contributed by atoms with Gasteiger partial charge in [-0.05, 0) is 42.3 Å². The maximum atomic E-state index is 12.4. The predicted octanol–water partition coefficient (Wildman–Crippen LogP) is 3.56. The zero-order valence-electron chi connectivity index (χ0n) is 11.2. The van der Waals surface area contributed by atoms with Crippen LogP contribution in [0.1, 0.15) is 11.1 Å². The van der Waals surface area contributed by atoms with E-state index < -0.39 is 10.0 Å². The number of nitrogens with two attached hydrogens (primary N) is 1. The topological polar surface area (TPSA) is 72.2 Å². The fourth-order valence-electron chi connectivity index (χ4n) is 1.78. The van der Waals surface area contributed by atoms with Gasteiger partial charge in [-0.1, -0.05) is 35.3 Å². The second-order valence-corrected chi connectivity index (χ2v) is 6.97. The molecule has 2 aromatic carbocycles. The molecule has 0 heterocycles. The molecule has 0 amide bonds. The van der Waals surface area contributed by atoms with Gasteiger partial charge in [-0.15, -0.1) is 0 Å². The lowest BCUT2D eigenvalue weighted by atomic mass is 10.2. The fourth-order valence-corrected chi connectivity index (χ4v) is 3.43. The summed E-state index contributed by atoms with van der Waals surface area (Å²) in [6.45, 7) is 1.99. The molecule has 0 saturated heterocycles. The van der Waals surface area contributed by atoms with Crippen LogP contribution in [0, 0.1) is 6.92 Å². The summed E-state index contributed by atoms with van der Waals surface area (Å²) in [5, 5.41) is 0.815. The van der Waals surface area contributed by atoms with E-state index in [1.807, 2.05) is 0 Å². The van der Waals surface area contributed by atoms with Crippen molar-refractivity contribution in [2.24, 2.45) is 5.73 Å². The molecule has 0 saturated carbocycles. The molecule has 0 fully saturated rings. The number of halogens is 2. The molecule has 0 radical (unpaired) electrons. The highest BCUT2D eigenvalue weighted by molar-refractivity contribution is 7.92. The molecule has 0 aliphatic carbocycles. The Morgan fingerprint density at radius 3 is 2.48 bits per heavy atom. The quantitative estimate of drug-likeness (QED) is 0.890. The molecule has 112 valence electrons. The fraction of sp³-hybridized carbons (Fsp3) is 0.143. The average molecular weight is 345 g/mol. The Kier molecular flexibility index (Phi) is 4.78. The highest BCUT2D eigenvalue weighted by atomic mass is 35.5. The van der Waals surface area contributed by atoms with Crippen LogP contribution in [0.15, 0.2) is 41.3 Å². The van der Waals surface area contributed by atoms with E-state index in [1.54, 1.807) is 31.2 Å².